The van der Waals surface area contributed by atoms with E-state index in [0.29, 0.717) is 22.7 Å². The van der Waals surface area contributed by atoms with Crippen molar-refractivity contribution in [2.45, 2.75) is 13.3 Å². The number of nitriles is 1. The van der Waals surface area contributed by atoms with Gasteiger partial charge in [0, 0.05) is 30.4 Å². The van der Waals surface area contributed by atoms with E-state index in [4.69, 9.17) is 0 Å². The maximum Gasteiger partial charge on any atom is 0.226 e. The third-order valence-corrected chi connectivity index (χ3v) is 3.79. The van der Waals surface area contributed by atoms with Crippen LogP contribution in [0.1, 0.15) is 18.9 Å². The van der Waals surface area contributed by atoms with E-state index in [-0.39, 0.29) is 5.91 Å². The molecule has 0 radical (unpaired) electrons. The Hall–Kier alpha value is -2.45. The van der Waals surface area contributed by atoms with E-state index in [0.717, 1.165) is 16.8 Å². The highest BCUT2D eigenvalue weighted by Gasteiger charge is 2.17. The van der Waals surface area contributed by atoms with Crippen molar-refractivity contribution in [3.8, 4) is 6.07 Å². The lowest BCUT2D eigenvalue weighted by Crippen LogP contribution is -2.24. The first-order valence-electron chi connectivity index (χ1n) is 6.86. The molecule has 1 aromatic carbocycles. The Balaban J connectivity index is 2.37. The van der Waals surface area contributed by atoms with Crippen LogP contribution in [-0.2, 0) is 4.79 Å². The van der Waals surface area contributed by atoms with Crippen LogP contribution in [0.2, 0.25) is 0 Å². The predicted octanol–water partition coefficient (Wildman–Crippen LogP) is 3.22. The molecule has 0 bridgehead atoms. The van der Waals surface area contributed by atoms with Crippen molar-refractivity contribution < 1.29 is 4.79 Å². The molecule has 2 rings (SSSR count). The van der Waals surface area contributed by atoms with Gasteiger partial charge in [-0.25, -0.2) is 0 Å². The Bertz CT molecular complexity index is 723. The van der Waals surface area contributed by atoms with E-state index in [1.807, 2.05) is 37.3 Å². The van der Waals surface area contributed by atoms with Crippen LogP contribution >= 0.6 is 12.6 Å². The molecule has 0 aromatic heterocycles. The van der Waals surface area contributed by atoms with Gasteiger partial charge in [0.2, 0.25) is 5.91 Å². The molecule has 0 saturated heterocycles. The Morgan fingerprint density at radius 3 is 2.59 bits per heavy atom. The van der Waals surface area contributed by atoms with E-state index >= 15 is 0 Å². The van der Waals surface area contributed by atoms with Gasteiger partial charge in [-0.2, -0.15) is 5.26 Å². The van der Waals surface area contributed by atoms with Gasteiger partial charge in [-0.1, -0.05) is 25.6 Å². The zero-order valence-corrected chi connectivity index (χ0v) is 13.4. The zero-order chi connectivity index (χ0) is 16.3. The highest BCUT2D eigenvalue weighted by atomic mass is 32.1. The lowest BCUT2D eigenvalue weighted by atomic mass is 9.96. The van der Waals surface area contributed by atoms with Gasteiger partial charge in [-0.15, -0.1) is 12.6 Å². The first-order valence-corrected chi connectivity index (χ1v) is 7.31. The van der Waals surface area contributed by atoms with Gasteiger partial charge < -0.3 is 10.2 Å². The van der Waals surface area contributed by atoms with E-state index < -0.39 is 0 Å². The second kappa shape index (κ2) is 6.54. The Labute approximate surface area is 135 Å². The molecule has 22 heavy (non-hydrogen) atoms. The highest BCUT2D eigenvalue weighted by molar-refractivity contribution is 7.84. The van der Waals surface area contributed by atoms with Crippen LogP contribution in [0.4, 0.5) is 5.69 Å². The number of nitrogens with zero attached hydrogens (tertiary/aromatic N) is 2. The van der Waals surface area contributed by atoms with Crippen molar-refractivity contribution in [2.24, 2.45) is 0 Å². The number of dihydropyridines is 1. The number of carbonyl (C=O) groups is 1. The van der Waals surface area contributed by atoms with Gasteiger partial charge >= 0.3 is 0 Å². The van der Waals surface area contributed by atoms with Gasteiger partial charge in [-0.3, -0.25) is 4.79 Å². The van der Waals surface area contributed by atoms with E-state index in [2.05, 4.69) is 30.6 Å². The molecule has 1 N–H and O–H groups in total. The highest BCUT2D eigenvalue weighted by Crippen LogP contribution is 2.31. The number of allylic oxidation sites excluding steroid dienone is 3. The Morgan fingerprint density at radius 1 is 1.41 bits per heavy atom. The van der Waals surface area contributed by atoms with Crippen LogP contribution in [0.5, 0.6) is 0 Å². The van der Waals surface area contributed by atoms with Crippen molar-refractivity contribution in [1.82, 2.24) is 5.32 Å². The number of anilines is 1. The van der Waals surface area contributed by atoms with Crippen molar-refractivity contribution in [3.05, 3.63) is 58.8 Å². The molecule has 5 heteroatoms. The SMILES string of the molecule is C=C1C=C(c2ccc(N(C)C(=O)CC)cc2)C(C#N)=C(S)N1. The molecular weight excluding hydrogens is 294 g/mol. The van der Waals surface area contributed by atoms with Crippen LogP contribution in [0.25, 0.3) is 5.57 Å². The van der Waals surface area contributed by atoms with Gasteiger partial charge in [0.15, 0.2) is 0 Å². The molecule has 0 unspecified atom stereocenters. The molecular formula is C17H17N3OS. The molecule has 1 amide bonds. The first kappa shape index (κ1) is 15.9. The Kier molecular flexibility index (Phi) is 4.74. The number of amides is 1. The summed E-state index contributed by atoms with van der Waals surface area (Å²) in [6.45, 7) is 5.69. The molecule has 0 spiro atoms. The normalized spacial score (nSPS) is 14.1. The fraction of sp³-hybridized carbons (Fsp3) is 0.176. The lowest BCUT2D eigenvalue weighted by Gasteiger charge is -2.20. The number of hydrogen-bond acceptors (Lipinski definition) is 4. The van der Waals surface area contributed by atoms with Crippen LogP contribution < -0.4 is 10.2 Å². The van der Waals surface area contributed by atoms with E-state index in [1.165, 1.54) is 0 Å². The summed E-state index contributed by atoms with van der Waals surface area (Å²) in [5, 5.41) is 12.7. The summed E-state index contributed by atoms with van der Waals surface area (Å²) in [6.07, 6.45) is 2.27. The average molecular weight is 311 g/mol. The summed E-state index contributed by atoms with van der Waals surface area (Å²) >= 11 is 4.29. The summed E-state index contributed by atoms with van der Waals surface area (Å²) in [6, 6.07) is 9.65. The van der Waals surface area contributed by atoms with Gasteiger partial charge in [-0.05, 0) is 23.8 Å². The number of hydrogen-bond donors (Lipinski definition) is 2. The summed E-state index contributed by atoms with van der Waals surface area (Å²) in [7, 11) is 1.75. The summed E-state index contributed by atoms with van der Waals surface area (Å²) < 4.78 is 0. The van der Waals surface area contributed by atoms with Crippen LogP contribution in [0, 0.1) is 11.3 Å². The summed E-state index contributed by atoms with van der Waals surface area (Å²) in [5.41, 5.74) is 3.62. The topological polar surface area (TPSA) is 56.1 Å². The van der Waals surface area contributed by atoms with Gasteiger partial charge in [0.05, 0.1) is 10.6 Å². The third-order valence-electron chi connectivity index (χ3n) is 3.46. The Morgan fingerprint density at radius 2 is 2.05 bits per heavy atom. The minimum absolute atomic E-state index is 0.0532. The predicted molar refractivity (Wildman–Crippen MR) is 92.0 cm³/mol. The van der Waals surface area contributed by atoms with Gasteiger partial charge in [0.25, 0.3) is 0 Å². The van der Waals surface area contributed by atoms with Crippen molar-refractivity contribution in [3.63, 3.8) is 0 Å². The van der Waals surface area contributed by atoms with Crippen molar-refractivity contribution >= 4 is 29.8 Å². The molecule has 0 aliphatic carbocycles. The minimum Gasteiger partial charge on any atom is -0.350 e. The lowest BCUT2D eigenvalue weighted by molar-refractivity contribution is -0.118. The summed E-state index contributed by atoms with van der Waals surface area (Å²) in [5.74, 6) is 0.0532. The van der Waals surface area contributed by atoms with Crippen LogP contribution in [-0.4, -0.2) is 13.0 Å². The molecule has 4 nitrogen and oxygen atoms in total. The molecule has 1 aliphatic heterocycles. The second-order valence-corrected chi connectivity index (χ2v) is 5.34. The molecule has 0 fully saturated rings. The standard InChI is InChI=1S/C17H17N3OS/c1-4-16(21)20(3)13-7-5-12(6-8-13)14-9-11(2)19-17(22)15(14)10-18/h5-9,19,22H,2,4H2,1,3H3. The number of rotatable bonds is 3. The molecule has 0 atom stereocenters. The monoisotopic (exact) mass is 311 g/mol. The number of thiol groups is 1. The van der Waals surface area contributed by atoms with Crippen molar-refractivity contribution in [2.75, 3.05) is 11.9 Å². The minimum atomic E-state index is 0.0532. The quantitative estimate of drug-likeness (QED) is 0.843. The number of benzene rings is 1. The van der Waals surface area contributed by atoms with Crippen LogP contribution in [0.3, 0.4) is 0 Å². The van der Waals surface area contributed by atoms with E-state index in [9.17, 15) is 10.1 Å². The number of nitrogens with one attached hydrogen (secondary N) is 1. The molecule has 1 aromatic rings. The molecule has 1 aliphatic rings. The zero-order valence-electron chi connectivity index (χ0n) is 12.6. The maximum absolute atomic E-state index is 11.7. The second-order valence-electron chi connectivity index (χ2n) is 4.90. The maximum atomic E-state index is 11.7. The number of carbonyl (C=O) groups excluding carboxylic acids is 1. The van der Waals surface area contributed by atoms with Crippen molar-refractivity contribution in [1.29, 1.82) is 5.26 Å². The average Bonchev–Trinajstić information content (AvgIpc) is 2.53. The van der Waals surface area contributed by atoms with E-state index in [1.54, 1.807) is 11.9 Å². The third kappa shape index (κ3) is 3.07. The molecule has 112 valence electrons. The fourth-order valence-electron chi connectivity index (χ4n) is 2.21. The first-order chi connectivity index (χ1) is 10.5. The summed E-state index contributed by atoms with van der Waals surface area (Å²) in [4.78, 5) is 13.3. The fourth-order valence-corrected chi connectivity index (χ4v) is 2.53. The van der Waals surface area contributed by atoms with Gasteiger partial charge in [0.1, 0.15) is 6.07 Å². The molecule has 1 heterocycles. The molecule has 0 saturated carbocycles. The largest absolute Gasteiger partial charge is 0.350 e. The van der Waals surface area contributed by atoms with Crippen LogP contribution in [0.15, 0.2) is 53.2 Å². The smallest absolute Gasteiger partial charge is 0.226 e.